The second-order valence-electron chi connectivity index (χ2n) is 4.94. The summed E-state index contributed by atoms with van der Waals surface area (Å²) in [4.78, 5) is 11.5. The van der Waals surface area contributed by atoms with Gasteiger partial charge in [-0.2, -0.15) is 0 Å². The third-order valence-corrected chi connectivity index (χ3v) is 3.57. The van der Waals surface area contributed by atoms with E-state index < -0.39 is 0 Å². The molecule has 1 saturated heterocycles. The summed E-state index contributed by atoms with van der Waals surface area (Å²) in [7, 11) is 0. The molecule has 0 amide bonds. The first kappa shape index (κ1) is 13.3. The summed E-state index contributed by atoms with van der Waals surface area (Å²) in [6.07, 6.45) is 8.75. The number of nitrogens with one attached hydrogen (secondary N) is 1. The maximum absolute atomic E-state index is 4.56. The van der Waals surface area contributed by atoms with Crippen molar-refractivity contribution in [2.24, 2.45) is 0 Å². The first-order chi connectivity index (χ1) is 8.85. The third-order valence-electron chi connectivity index (χ3n) is 3.57. The number of hydrogen-bond donors (Lipinski definition) is 1. The van der Waals surface area contributed by atoms with Crippen molar-refractivity contribution in [3.8, 4) is 0 Å². The van der Waals surface area contributed by atoms with Crippen LogP contribution in [0.1, 0.15) is 45.2 Å². The van der Waals surface area contributed by atoms with Crippen LogP contribution in [0, 0.1) is 0 Å². The lowest BCUT2D eigenvalue weighted by Crippen LogP contribution is -2.29. The van der Waals surface area contributed by atoms with Gasteiger partial charge in [-0.25, -0.2) is 4.98 Å². The Morgan fingerprint density at radius 2 is 2.22 bits per heavy atom. The fourth-order valence-electron chi connectivity index (χ4n) is 2.54. The van der Waals surface area contributed by atoms with Gasteiger partial charge in [-0.1, -0.05) is 13.8 Å². The zero-order chi connectivity index (χ0) is 12.8. The Morgan fingerprint density at radius 1 is 1.33 bits per heavy atom. The van der Waals surface area contributed by atoms with Crippen molar-refractivity contribution in [1.29, 1.82) is 0 Å². The van der Waals surface area contributed by atoms with Crippen molar-refractivity contribution in [3.63, 3.8) is 0 Å². The van der Waals surface area contributed by atoms with E-state index in [0.717, 1.165) is 37.6 Å². The summed E-state index contributed by atoms with van der Waals surface area (Å²) in [5.41, 5.74) is 1.03. The minimum Gasteiger partial charge on any atom is -0.352 e. The predicted octanol–water partition coefficient (Wildman–Crippen LogP) is 2.36. The van der Waals surface area contributed by atoms with Crippen LogP contribution in [-0.4, -0.2) is 29.1 Å². The summed E-state index contributed by atoms with van der Waals surface area (Å²) in [5, 5.41) is 3.34. The standard InChI is InChI=1S/C14H24N4/c1-3-7-15-9-12-10-17-14(11-16-12)18-8-5-6-13(18)4-2/h10-11,13,15H,3-9H2,1-2H3. The molecule has 1 unspecified atom stereocenters. The fraction of sp³-hybridized carbons (Fsp3) is 0.714. The lowest BCUT2D eigenvalue weighted by atomic mass is 10.2. The van der Waals surface area contributed by atoms with Crippen LogP contribution in [0.5, 0.6) is 0 Å². The molecule has 18 heavy (non-hydrogen) atoms. The zero-order valence-corrected chi connectivity index (χ0v) is 11.5. The van der Waals surface area contributed by atoms with E-state index in [0.29, 0.717) is 6.04 Å². The van der Waals surface area contributed by atoms with E-state index in [9.17, 15) is 0 Å². The zero-order valence-electron chi connectivity index (χ0n) is 11.5. The van der Waals surface area contributed by atoms with E-state index in [1.165, 1.54) is 19.3 Å². The SMILES string of the molecule is CCCNCc1cnc(N2CCCC2CC)cn1. The molecule has 0 radical (unpaired) electrons. The number of rotatable bonds is 6. The maximum atomic E-state index is 4.56. The van der Waals surface area contributed by atoms with Crippen LogP contribution in [0.15, 0.2) is 12.4 Å². The molecular formula is C14H24N4. The van der Waals surface area contributed by atoms with Crippen molar-refractivity contribution in [2.75, 3.05) is 18.0 Å². The average molecular weight is 248 g/mol. The molecule has 0 aromatic carbocycles. The normalized spacial score (nSPS) is 19.4. The van der Waals surface area contributed by atoms with E-state index in [4.69, 9.17) is 0 Å². The Balaban J connectivity index is 1.94. The molecule has 1 aromatic heterocycles. The van der Waals surface area contributed by atoms with Crippen molar-refractivity contribution < 1.29 is 0 Å². The summed E-state index contributed by atoms with van der Waals surface area (Å²) >= 11 is 0. The Kier molecular flexibility index (Phi) is 4.93. The molecule has 1 aliphatic heterocycles. The van der Waals surface area contributed by atoms with Gasteiger partial charge in [-0.05, 0) is 32.2 Å². The van der Waals surface area contributed by atoms with Crippen molar-refractivity contribution in [3.05, 3.63) is 18.1 Å². The predicted molar refractivity (Wildman–Crippen MR) is 74.7 cm³/mol. The maximum Gasteiger partial charge on any atom is 0.147 e. The van der Waals surface area contributed by atoms with E-state index >= 15 is 0 Å². The highest BCUT2D eigenvalue weighted by molar-refractivity contribution is 5.38. The van der Waals surface area contributed by atoms with Gasteiger partial charge in [-0.15, -0.1) is 0 Å². The van der Waals surface area contributed by atoms with Crippen molar-refractivity contribution in [2.45, 2.75) is 52.1 Å². The van der Waals surface area contributed by atoms with Crippen LogP contribution >= 0.6 is 0 Å². The fourth-order valence-corrected chi connectivity index (χ4v) is 2.54. The molecule has 0 bridgehead atoms. The molecule has 4 nitrogen and oxygen atoms in total. The van der Waals surface area contributed by atoms with E-state index in [1.807, 2.05) is 12.4 Å². The summed E-state index contributed by atoms with van der Waals surface area (Å²) in [5.74, 6) is 1.04. The van der Waals surface area contributed by atoms with Gasteiger partial charge in [0, 0.05) is 19.1 Å². The Bertz CT molecular complexity index is 349. The van der Waals surface area contributed by atoms with Gasteiger partial charge in [0.1, 0.15) is 5.82 Å². The first-order valence-electron chi connectivity index (χ1n) is 7.13. The summed E-state index contributed by atoms with van der Waals surface area (Å²) < 4.78 is 0. The van der Waals surface area contributed by atoms with Gasteiger partial charge in [0.2, 0.25) is 0 Å². The molecule has 0 spiro atoms. The number of hydrogen-bond acceptors (Lipinski definition) is 4. The molecule has 100 valence electrons. The van der Waals surface area contributed by atoms with Crippen molar-refractivity contribution >= 4 is 5.82 Å². The monoisotopic (exact) mass is 248 g/mol. The molecule has 1 aromatic rings. The van der Waals surface area contributed by atoms with Gasteiger partial charge in [0.05, 0.1) is 18.1 Å². The second-order valence-corrected chi connectivity index (χ2v) is 4.94. The minimum atomic E-state index is 0.656. The number of anilines is 1. The van der Waals surface area contributed by atoms with Gasteiger partial charge < -0.3 is 10.2 Å². The quantitative estimate of drug-likeness (QED) is 0.785. The smallest absolute Gasteiger partial charge is 0.147 e. The molecular weight excluding hydrogens is 224 g/mol. The average Bonchev–Trinajstić information content (AvgIpc) is 2.88. The number of aromatic nitrogens is 2. The topological polar surface area (TPSA) is 41.1 Å². The second kappa shape index (κ2) is 6.69. The Labute approximate surface area is 110 Å². The van der Waals surface area contributed by atoms with Crippen LogP contribution in [0.25, 0.3) is 0 Å². The number of nitrogens with zero attached hydrogens (tertiary/aromatic N) is 3. The van der Waals surface area contributed by atoms with Gasteiger partial charge in [0.15, 0.2) is 0 Å². The van der Waals surface area contributed by atoms with E-state index in [2.05, 4.69) is 34.0 Å². The van der Waals surface area contributed by atoms with Crippen LogP contribution in [0.2, 0.25) is 0 Å². The van der Waals surface area contributed by atoms with E-state index in [1.54, 1.807) is 0 Å². The van der Waals surface area contributed by atoms with Crippen LogP contribution < -0.4 is 10.2 Å². The first-order valence-corrected chi connectivity index (χ1v) is 7.13. The molecule has 2 heterocycles. The highest BCUT2D eigenvalue weighted by Gasteiger charge is 2.23. The lowest BCUT2D eigenvalue weighted by Gasteiger charge is -2.24. The molecule has 0 aliphatic carbocycles. The molecule has 2 rings (SSSR count). The van der Waals surface area contributed by atoms with Crippen LogP contribution in [-0.2, 0) is 6.54 Å². The third kappa shape index (κ3) is 3.19. The molecule has 1 atom stereocenters. The van der Waals surface area contributed by atoms with Crippen LogP contribution in [0.3, 0.4) is 0 Å². The minimum absolute atomic E-state index is 0.656. The molecule has 1 fully saturated rings. The largest absolute Gasteiger partial charge is 0.352 e. The van der Waals surface area contributed by atoms with Crippen LogP contribution in [0.4, 0.5) is 5.82 Å². The van der Waals surface area contributed by atoms with Gasteiger partial charge in [0.25, 0.3) is 0 Å². The summed E-state index contributed by atoms with van der Waals surface area (Å²) in [6, 6.07) is 0.656. The molecule has 1 N–H and O–H groups in total. The summed E-state index contributed by atoms with van der Waals surface area (Å²) in [6.45, 7) is 7.39. The lowest BCUT2D eigenvalue weighted by molar-refractivity contribution is 0.636. The van der Waals surface area contributed by atoms with Gasteiger partial charge >= 0.3 is 0 Å². The Morgan fingerprint density at radius 3 is 2.89 bits per heavy atom. The highest BCUT2D eigenvalue weighted by Crippen LogP contribution is 2.24. The van der Waals surface area contributed by atoms with E-state index in [-0.39, 0.29) is 0 Å². The van der Waals surface area contributed by atoms with Crippen molar-refractivity contribution in [1.82, 2.24) is 15.3 Å². The Hall–Kier alpha value is -1.16. The molecule has 0 saturated carbocycles. The molecule has 4 heteroatoms. The van der Waals surface area contributed by atoms with Gasteiger partial charge in [-0.3, -0.25) is 4.98 Å². The molecule has 1 aliphatic rings. The highest BCUT2D eigenvalue weighted by atomic mass is 15.2.